The fourth-order valence-corrected chi connectivity index (χ4v) is 3.22. The summed E-state index contributed by atoms with van der Waals surface area (Å²) in [6.45, 7) is 1.68. The third-order valence-corrected chi connectivity index (χ3v) is 4.85. The van der Waals surface area contributed by atoms with Crippen molar-refractivity contribution < 1.29 is 13.2 Å². The molecule has 0 bridgehead atoms. The molecule has 20 heavy (non-hydrogen) atoms. The van der Waals surface area contributed by atoms with E-state index in [1.165, 1.54) is 29.5 Å². The number of primary sulfonamides is 1. The summed E-state index contributed by atoms with van der Waals surface area (Å²) in [5, 5.41) is 9.82. The van der Waals surface area contributed by atoms with Gasteiger partial charge in [0.15, 0.2) is 0 Å². The minimum absolute atomic E-state index is 0.00200. The molecule has 106 valence electrons. The standard InChI is InChI=1S/C12H11ClN2O3S2/c1-7-6-8(20(14,17)18)2-3-10(7)15-12(16)11-9(13)4-5-19-11/h2-6H,1H3,(H,15,16)(H2,14,17,18). The van der Waals surface area contributed by atoms with Crippen molar-refractivity contribution in [3.05, 3.63) is 45.1 Å². The third-order valence-electron chi connectivity index (χ3n) is 2.60. The molecule has 1 heterocycles. The number of aryl methyl sites for hydroxylation is 1. The monoisotopic (exact) mass is 330 g/mol. The van der Waals surface area contributed by atoms with Gasteiger partial charge in [-0.3, -0.25) is 4.79 Å². The molecular formula is C12H11ClN2O3S2. The van der Waals surface area contributed by atoms with Crippen molar-refractivity contribution in [2.75, 3.05) is 5.32 Å². The number of amides is 1. The molecule has 3 N–H and O–H groups in total. The summed E-state index contributed by atoms with van der Waals surface area (Å²) >= 11 is 7.11. The van der Waals surface area contributed by atoms with Gasteiger partial charge in [-0.05, 0) is 42.1 Å². The van der Waals surface area contributed by atoms with Crippen LogP contribution < -0.4 is 10.5 Å². The molecular weight excluding hydrogens is 320 g/mol. The zero-order valence-electron chi connectivity index (χ0n) is 10.4. The average molecular weight is 331 g/mol. The molecule has 0 aliphatic carbocycles. The maximum Gasteiger partial charge on any atom is 0.267 e. The SMILES string of the molecule is Cc1cc(S(N)(=O)=O)ccc1NC(=O)c1sccc1Cl. The van der Waals surface area contributed by atoms with Crippen LogP contribution in [0.3, 0.4) is 0 Å². The number of halogens is 1. The van der Waals surface area contributed by atoms with Crippen molar-refractivity contribution in [3.63, 3.8) is 0 Å². The van der Waals surface area contributed by atoms with Gasteiger partial charge < -0.3 is 5.32 Å². The van der Waals surface area contributed by atoms with Gasteiger partial charge in [0.2, 0.25) is 10.0 Å². The van der Waals surface area contributed by atoms with E-state index in [-0.39, 0.29) is 10.8 Å². The molecule has 0 unspecified atom stereocenters. The average Bonchev–Trinajstić information content (AvgIpc) is 2.76. The van der Waals surface area contributed by atoms with Gasteiger partial charge >= 0.3 is 0 Å². The van der Waals surface area contributed by atoms with Crippen LogP contribution in [0.1, 0.15) is 15.2 Å². The summed E-state index contributed by atoms with van der Waals surface area (Å²) in [4.78, 5) is 12.4. The first-order valence-electron chi connectivity index (χ1n) is 5.47. The van der Waals surface area contributed by atoms with E-state index in [9.17, 15) is 13.2 Å². The van der Waals surface area contributed by atoms with Gasteiger partial charge in [-0.2, -0.15) is 0 Å². The normalized spacial score (nSPS) is 11.3. The van der Waals surface area contributed by atoms with Gasteiger partial charge in [0.05, 0.1) is 9.92 Å². The summed E-state index contributed by atoms with van der Waals surface area (Å²) < 4.78 is 22.4. The Morgan fingerprint density at radius 3 is 2.55 bits per heavy atom. The summed E-state index contributed by atoms with van der Waals surface area (Å²) in [5.74, 6) is -0.337. The minimum Gasteiger partial charge on any atom is -0.321 e. The van der Waals surface area contributed by atoms with E-state index in [1.54, 1.807) is 18.4 Å². The Morgan fingerprint density at radius 1 is 1.35 bits per heavy atom. The molecule has 2 rings (SSSR count). The molecule has 0 atom stereocenters. The fraction of sp³-hybridized carbons (Fsp3) is 0.0833. The predicted octanol–water partition coefficient (Wildman–Crippen LogP) is 2.61. The number of nitrogens with one attached hydrogen (secondary N) is 1. The number of carbonyl (C=O) groups excluding carboxylic acids is 1. The second-order valence-corrected chi connectivity index (χ2v) is 6.96. The molecule has 0 saturated carbocycles. The first kappa shape index (κ1) is 15.0. The van der Waals surface area contributed by atoms with E-state index in [0.29, 0.717) is 21.2 Å². The Balaban J connectivity index is 2.27. The Hall–Kier alpha value is -1.41. The number of sulfonamides is 1. The van der Waals surface area contributed by atoms with Crippen molar-refractivity contribution in [3.8, 4) is 0 Å². The lowest BCUT2D eigenvalue weighted by molar-refractivity contribution is 0.103. The smallest absolute Gasteiger partial charge is 0.267 e. The minimum atomic E-state index is -3.75. The quantitative estimate of drug-likeness (QED) is 0.906. The highest BCUT2D eigenvalue weighted by atomic mass is 35.5. The van der Waals surface area contributed by atoms with Crippen LogP contribution in [0.5, 0.6) is 0 Å². The Morgan fingerprint density at radius 2 is 2.05 bits per heavy atom. The molecule has 1 aromatic carbocycles. The van der Waals surface area contributed by atoms with E-state index in [0.717, 1.165) is 0 Å². The van der Waals surface area contributed by atoms with Crippen LogP contribution in [0.2, 0.25) is 5.02 Å². The lowest BCUT2D eigenvalue weighted by Gasteiger charge is -2.09. The predicted molar refractivity (Wildman–Crippen MR) is 79.8 cm³/mol. The van der Waals surface area contributed by atoms with E-state index < -0.39 is 10.0 Å². The molecule has 0 aliphatic heterocycles. The molecule has 1 amide bonds. The Kier molecular flexibility index (Phi) is 4.14. The molecule has 0 saturated heterocycles. The molecule has 1 aromatic heterocycles. The molecule has 0 aliphatic rings. The number of nitrogens with two attached hydrogens (primary N) is 1. The second kappa shape index (κ2) is 5.53. The maximum atomic E-state index is 12.0. The molecule has 0 spiro atoms. The number of hydrogen-bond donors (Lipinski definition) is 2. The fourth-order valence-electron chi connectivity index (χ4n) is 1.59. The van der Waals surface area contributed by atoms with E-state index in [2.05, 4.69) is 5.32 Å². The molecule has 0 radical (unpaired) electrons. The zero-order valence-corrected chi connectivity index (χ0v) is 12.8. The number of benzene rings is 1. The zero-order chi connectivity index (χ0) is 14.9. The number of hydrogen-bond acceptors (Lipinski definition) is 4. The number of thiophene rings is 1. The third kappa shape index (κ3) is 3.18. The summed E-state index contributed by atoms with van der Waals surface area (Å²) in [7, 11) is -3.75. The van der Waals surface area contributed by atoms with Crippen LogP contribution in [0.25, 0.3) is 0 Å². The van der Waals surface area contributed by atoms with Crippen molar-refractivity contribution in [1.82, 2.24) is 0 Å². The van der Waals surface area contributed by atoms with Gasteiger partial charge in [0.25, 0.3) is 5.91 Å². The highest BCUT2D eigenvalue weighted by molar-refractivity contribution is 7.89. The lowest BCUT2D eigenvalue weighted by atomic mass is 10.2. The summed E-state index contributed by atoms with van der Waals surface area (Å²) in [6.07, 6.45) is 0. The van der Waals surface area contributed by atoms with E-state index >= 15 is 0 Å². The topological polar surface area (TPSA) is 89.3 Å². The molecule has 0 fully saturated rings. The molecule has 8 heteroatoms. The van der Waals surface area contributed by atoms with Crippen molar-refractivity contribution in [1.29, 1.82) is 0 Å². The van der Waals surface area contributed by atoms with Crippen LogP contribution in [0, 0.1) is 6.92 Å². The Bertz CT molecular complexity index is 769. The summed E-state index contributed by atoms with van der Waals surface area (Å²) in [5.41, 5.74) is 1.10. The lowest BCUT2D eigenvalue weighted by Crippen LogP contribution is -2.14. The van der Waals surface area contributed by atoms with Crippen LogP contribution >= 0.6 is 22.9 Å². The van der Waals surface area contributed by atoms with Crippen molar-refractivity contribution >= 4 is 44.6 Å². The maximum absolute atomic E-state index is 12.0. The van der Waals surface area contributed by atoms with Crippen LogP contribution in [-0.2, 0) is 10.0 Å². The number of rotatable bonds is 3. The molecule has 2 aromatic rings. The van der Waals surface area contributed by atoms with Crippen molar-refractivity contribution in [2.24, 2.45) is 5.14 Å². The van der Waals surface area contributed by atoms with Crippen molar-refractivity contribution in [2.45, 2.75) is 11.8 Å². The van der Waals surface area contributed by atoms with Crippen LogP contribution in [-0.4, -0.2) is 14.3 Å². The Labute approximate surface area is 125 Å². The van der Waals surface area contributed by atoms with Crippen LogP contribution in [0.4, 0.5) is 5.69 Å². The van der Waals surface area contributed by atoms with Gasteiger partial charge in [0, 0.05) is 5.69 Å². The van der Waals surface area contributed by atoms with Crippen LogP contribution in [0.15, 0.2) is 34.5 Å². The van der Waals surface area contributed by atoms with Gasteiger partial charge in [-0.15, -0.1) is 11.3 Å². The van der Waals surface area contributed by atoms with Gasteiger partial charge in [-0.1, -0.05) is 11.6 Å². The van der Waals surface area contributed by atoms with E-state index in [1.807, 2.05) is 0 Å². The van der Waals surface area contributed by atoms with E-state index in [4.69, 9.17) is 16.7 Å². The highest BCUT2D eigenvalue weighted by Gasteiger charge is 2.14. The molecule has 5 nitrogen and oxygen atoms in total. The second-order valence-electron chi connectivity index (χ2n) is 4.07. The summed E-state index contributed by atoms with van der Waals surface area (Å²) in [6, 6.07) is 5.88. The first-order valence-corrected chi connectivity index (χ1v) is 8.27. The van der Waals surface area contributed by atoms with Gasteiger partial charge in [-0.25, -0.2) is 13.6 Å². The number of anilines is 1. The number of carbonyl (C=O) groups is 1. The first-order chi connectivity index (χ1) is 9.29. The van der Waals surface area contributed by atoms with Gasteiger partial charge in [0.1, 0.15) is 4.88 Å². The largest absolute Gasteiger partial charge is 0.321 e. The highest BCUT2D eigenvalue weighted by Crippen LogP contribution is 2.25.